The number of quaternary nitrogens is 1. The zero-order chi connectivity index (χ0) is 15.8. The molecule has 3 amide bonds. The Morgan fingerprint density at radius 3 is 2.67 bits per heavy atom. The van der Waals surface area contributed by atoms with E-state index < -0.39 is 6.03 Å². The first-order chi connectivity index (χ1) is 9.92. The van der Waals surface area contributed by atoms with E-state index in [9.17, 15) is 14.4 Å². The van der Waals surface area contributed by atoms with Crippen molar-refractivity contribution in [3.05, 3.63) is 0 Å². The maximum Gasteiger partial charge on any atom is 0.321 e. The number of urea groups is 1. The molecule has 120 valence electrons. The number of hydrogen-bond donors (Lipinski definition) is 3. The molecule has 0 aromatic carbocycles. The zero-order valence-electron chi connectivity index (χ0n) is 13.0. The van der Waals surface area contributed by atoms with Gasteiger partial charge < -0.3 is 15.0 Å². The first-order valence-corrected chi connectivity index (χ1v) is 7.53. The Morgan fingerprint density at radius 1 is 1.33 bits per heavy atom. The first kappa shape index (κ1) is 17.4. The minimum atomic E-state index is -0.478. The third-order valence-electron chi connectivity index (χ3n) is 3.32. The van der Waals surface area contributed by atoms with Gasteiger partial charge in [-0.3, -0.25) is 14.9 Å². The number of nitrogens with one attached hydrogen (secondary N) is 3. The van der Waals surface area contributed by atoms with Gasteiger partial charge >= 0.3 is 12.0 Å². The number of imide groups is 1. The minimum Gasteiger partial charge on any atom is -0.466 e. The van der Waals surface area contributed by atoms with Crippen molar-refractivity contribution in [2.45, 2.75) is 39.7 Å². The van der Waals surface area contributed by atoms with E-state index >= 15 is 0 Å². The molecule has 1 heterocycles. The van der Waals surface area contributed by atoms with Crippen molar-refractivity contribution in [1.82, 2.24) is 10.6 Å². The van der Waals surface area contributed by atoms with E-state index in [4.69, 9.17) is 4.74 Å². The van der Waals surface area contributed by atoms with Crippen molar-refractivity contribution in [1.29, 1.82) is 0 Å². The van der Waals surface area contributed by atoms with Gasteiger partial charge in [0.25, 0.3) is 5.91 Å². The van der Waals surface area contributed by atoms with Crippen LogP contribution in [0.25, 0.3) is 0 Å². The summed E-state index contributed by atoms with van der Waals surface area (Å²) in [7, 11) is 0. The molecule has 3 N–H and O–H groups in total. The van der Waals surface area contributed by atoms with Crippen LogP contribution in [-0.2, 0) is 14.3 Å². The molecule has 0 aromatic rings. The minimum absolute atomic E-state index is 0.0201. The van der Waals surface area contributed by atoms with Gasteiger partial charge in [-0.25, -0.2) is 4.79 Å². The molecule has 1 aliphatic heterocycles. The zero-order valence-corrected chi connectivity index (χ0v) is 13.0. The molecule has 2 atom stereocenters. The average molecular weight is 300 g/mol. The number of carbonyl (C=O) groups excluding carboxylic acids is 3. The van der Waals surface area contributed by atoms with Gasteiger partial charge in [0.1, 0.15) is 5.92 Å². The van der Waals surface area contributed by atoms with Crippen LogP contribution in [0.15, 0.2) is 0 Å². The highest BCUT2D eigenvalue weighted by Crippen LogP contribution is 2.09. The lowest BCUT2D eigenvalue weighted by Gasteiger charge is -2.28. The van der Waals surface area contributed by atoms with Gasteiger partial charge in [0, 0.05) is 6.04 Å². The Morgan fingerprint density at radius 2 is 2.05 bits per heavy atom. The summed E-state index contributed by atoms with van der Waals surface area (Å²) in [6.45, 7) is 7.41. The van der Waals surface area contributed by atoms with Crippen LogP contribution in [0, 0.1) is 5.92 Å². The largest absolute Gasteiger partial charge is 0.466 e. The van der Waals surface area contributed by atoms with E-state index in [1.165, 1.54) is 0 Å². The van der Waals surface area contributed by atoms with E-state index in [1.54, 1.807) is 6.92 Å². The molecule has 21 heavy (non-hydrogen) atoms. The van der Waals surface area contributed by atoms with Gasteiger partial charge in [0.05, 0.1) is 19.7 Å². The summed E-state index contributed by atoms with van der Waals surface area (Å²) >= 11 is 0. The Labute approximate surface area is 125 Å². The van der Waals surface area contributed by atoms with Gasteiger partial charge in [-0.2, -0.15) is 0 Å². The SMILES string of the molecule is CCOC(=O)[C@H]1CCC[NH+](CC(=O)NC(=O)NC(C)C)C1. The molecule has 0 aliphatic carbocycles. The highest BCUT2D eigenvalue weighted by Gasteiger charge is 2.30. The fraction of sp³-hybridized carbons (Fsp3) is 0.786. The van der Waals surface area contributed by atoms with Gasteiger partial charge in [-0.1, -0.05) is 0 Å². The maximum absolute atomic E-state index is 11.8. The van der Waals surface area contributed by atoms with Gasteiger partial charge in [0.15, 0.2) is 6.54 Å². The number of piperidine rings is 1. The van der Waals surface area contributed by atoms with Gasteiger partial charge in [0.2, 0.25) is 0 Å². The maximum atomic E-state index is 11.8. The summed E-state index contributed by atoms with van der Waals surface area (Å²) in [5.41, 5.74) is 0. The standard InChI is InChI=1S/C14H25N3O4/c1-4-21-13(19)11-6-5-7-17(8-11)9-12(18)16-14(20)15-10(2)3/h10-11H,4-9H2,1-3H3,(H2,15,16,18,20)/p+1/t11-/m0/s1. The predicted octanol–water partition coefficient (Wildman–Crippen LogP) is -0.921. The van der Waals surface area contributed by atoms with Crippen LogP contribution in [0.1, 0.15) is 33.6 Å². The highest BCUT2D eigenvalue weighted by atomic mass is 16.5. The van der Waals surface area contributed by atoms with E-state index in [-0.39, 0.29) is 30.4 Å². The molecule has 1 unspecified atom stereocenters. The molecule has 1 rings (SSSR count). The topological polar surface area (TPSA) is 88.9 Å². The molecule has 0 saturated carbocycles. The van der Waals surface area contributed by atoms with Crippen molar-refractivity contribution in [2.75, 3.05) is 26.2 Å². The third-order valence-corrected chi connectivity index (χ3v) is 3.32. The lowest BCUT2D eigenvalue weighted by atomic mass is 9.98. The number of esters is 1. The van der Waals surface area contributed by atoms with Crippen molar-refractivity contribution < 1.29 is 24.0 Å². The van der Waals surface area contributed by atoms with Crippen molar-refractivity contribution in [2.24, 2.45) is 5.92 Å². The highest BCUT2D eigenvalue weighted by molar-refractivity contribution is 5.94. The lowest BCUT2D eigenvalue weighted by Crippen LogP contribution is -3.15. The fourth-order valence-electron chi connectivity index (χ4n) is 2.47. The smallest absolute Gasteiger partial charge is 0.321 e. The predicted molar refractivity (Wildman–Crippen MR) is 76.7 cm³/mol. The number of likely N-dealkylation sites (tertiary alicyclic amines) is 1. The number of amides is 3. The lowest BCUT2D eigenvalue weighted by molar-refractivity contribution is -0.899. The van der Waals surface area contributed by atoms with E-state index in [0.717, 1.165) is 24.3 Å². The fourth-order valence-corrected chi connectivity index (χ4v) is 2.47. The molecule has 1 fully saturated rings. The second kappa shape index (κ2) is 8.61. The molecule has 0 aromatic heterocycles. The molecular formula is C14H26N3O4+. The second-order valence-corrected chi connectivity index (χ2v) is 5.65. The van der Waals surface area contributed by atoms with Crippen molar-refractivity contribution >= 4 is 17.9 Å². The molecular weight excluding hydrogens is 274 g/mol. The molecule has 7 heteroatoms. The number of carbonyl (C=O) groups is 3. The van der Waals surface area contributed by atoms with Crippen LogP contribution in [0.5, 0.6) is 0 Å². The Kier molecular flexibility index (Phi) is 7.14. The van der Waals surface area contributed by atoms with E-state index in [2.05, 4.69) is 10.6 Å². The second-order valence-electron chi connectivity index (χ2n) is 5.65. The monoisotopic (exact) mass is 300 g/mol. The normalized spacial score (nSPS) is 21.7. The number of ether oxygens (including phenoxy) is 1. The van der Waals surface area contributed by atoms with Gasteiger partial charge in [-0.05, 0) is 33.6 Å². The van der Waals surface area contributed by atoms with Crippen LogP contribution < -0.4 is 15.5 Å². The third kappa shape index (κ3) is 6.57. The molecule has 7 nitrogen and oxygen atoms in total. The van der Waals surface area contributed by atoms with E-state index in [1.807, 2.05) is 13.8 Å². The summed E-state index contributed by atoms with van der Waals surface area (Å²) in [6.07, 6.45) is 1.68. The molecule has 0 bridgehead atoms. The number of hydrogen-bond acceptors (Lipinski definition) is 4. The van der Waals surface area contributed by atoms with E-state index in [0.29, 0.717) is 13.2 Å². The Balaban J connectivity index is 2.38. The van der Waals surface area contributed by atoms with Crippen molar-refractivity contribution in [3.8, 4) is 0 Å². The van der Waals surface area contributed by atoms with Crippen LogP contribution in [0.2, 0.25) is 0 Å². The molecule has 1 saturated heterocycles. The summed E-state index contributed by atoms with van der Waals surface area (Å²) in [5, 5.41) is 4.90. The van der Waals surface area contributed by atoms with Crippen molar-refractivity contribution in [3.63, 3.8) is 0 Å². The van der Waals surface area contributed by atoms with Crippen LogP contribution in [0.4, 0.5) is 4.79 Å². The summed E-state index contributed by atoms with van der Waals surface area (Å²) < 4.78 is 5.03. The summed E-state index contributed by atoms with van der Waals surface area (Å²) in [4.78, 5) is 36.0. The first-order valence-electron chi connectivity index (χ1n) is 7.53. The quantitative estimate of drug-likeness (QED) is 0.573. The van der Waals surface area contributed by atoms with Crippen LogP contribution >= 0.6 is 0 Å². The molecule has 1 aliphatic rings. The van der Waals surface area contributed by atoms with Gasteiger partial charge in [-0.15, -0.1) is 0 Å². The summed E-state index contributed by atoms with van der Waals surface area (Å²) in [6, 6.07) is -0.498. The summed E-state index contributed by atoms with van der Waals surface area (Å²) in [5.74, 6) is -0.661. The molecule has 0 radical (unpaired) electrons. The van der Waals surface area contributed by atoms with Crippen LogP contribution in [-0.4, -0.2) is 50.2 Å². The Hall–Kier alpha value is -1.63. The Bertz CT molecular complexity index is 384. The number of rotatable bonds is 5. The average Bonchev–Trinajstić information content (AvgIpc) is 2.37. The van der Waals surface area contributed by atoms with Crippen LogP contribution in [0.3, 0.4) is 0 Å². The molecule has 0 spiro atoms.